The van der Waals surface area contributed by atoms with Gasteiger partial charge in [0.25, 0.3) is 0 Å². The van der Waals surface area contributed by atoms with E-state index in [2.05, 4.69) is 16.2 Å². The maximum Gasteiger partial charge on any atom is 0.0594 e. The first kappa shape index (κ1) is 13.3. The molecule has 1 radical (unpaired) electrons. The van der Waals surface area contributed by atoms with Crippen molar-refractivity contribution in [1.82, 2.24) is 9.80 Å². The maximum atomic E-state index is 5.34. The SMILES string of the molecule is [CH](CCN1CCOCC1)CCN1CCOCC1. The summed E-state index contributed by atoms with van der Waals surface area (Å²) in [7, 11) is 0. The summed E-state index contributed by atoms with van der Waals surface area (Å²) in [4.78, 5) is 4.99. The van der Waals surface area contributed by atoms with Gasteiger partial charge in [0.15, 0.2) is 0 Å². The van der Waals surface area contributed by atoms with Crippen molar-refractivity contribution >= 4 is 0 Å². The van der Waals surface area contributed by atoms with E-state index in [1.54, 1.807) is 0 Å². The molecule has 0 aromatic heterocycles. The van der Waals surface area contributed by atoms with Crippen molar-refractivity contribution in [2.75, 3.05) is 65.7 Å². The number of unbranched alkanes of at least 4 members (excludes halogenated alkanes) is 2. The average Bonchev–Trinajstić information content (AvgIpc) is 2.41. The third-order valence-electron chi connectivity index (χ3n) is 3.51. The molecule has 2 aliphatic rings. The minimum Gasteiger partial charge on any atom is -0.379 e. The van der Waals surface area contributed by atoms with E-state index in [-0.39, 0.29) is 0 Å². The fourth-order valence-corrected chi connectivity index (χ4v) is 2.34. The Morgan fingerprint density at radius 2 is 1.12 bits per heavy atom. The Morgan fingerprint density at radius 1 is 0.706 bits per heavy atom. The van der Waals surface area contributed by atoms with E-state index in [1.165, 1.54) is 25.9 Å². The highest BCUT2D eigenvalue weighted by Crippen LogP contribution is 2.04. The van der Waals surface area contributed by atoms with Crippen LogP contribution in [0.15, 0.2) is 0 Å². The van der Waals surface area contributed by atoms with Gasteiger partial charge in [0.2, 0.25) is 0 Å². The predicted octanol–water partition coefficient (Wildman–Crippen LogP) is 0.635. The largest absolute Gasteiger partial charge is 0.379 e. The number of hydrogen-bond donors (Lipinski definition) is 0. The lowest BCUT2D eigenvalue weighted by Crippen LogP contribution is -2.37. The van der Waals surface area contributed by atoms with Crippen molar-refractivity contribution in [2.24, 2.45) is 0 Å². The molecular weight excluding hydrogens is 216 g/mol. The van der Waals surface area contributed by atoms with Crippen LogP contribution < -0.4 is 0 Å². The Bertz CT molecular complexity index is 170. The Hall–Kier alpha value is -0.160. The van der Waals surface area contributed by atoms with Gasteiger partial charge in [-0.1, -0.05) is 0 Å². The number of ether oxygens (including phenoxy) is 2. The summed E-state index contributed by atoms with van der Waals surface area (Å²) in [5, 5.41) is 0. The van der Waals surface area contributed by atoms with Crippen LogP contribution in [0.3, 0.4) is 0 Å². The number of nitrogens with zero attached hydrogens (tertiary/aromatic N) is 2. The molecule has 0 amide bonds. The van der Waals surface area contributed by atoms with E-state index < -0.39 is 0 Å². The molecule has 0 aliphatic carbocycles. The summed E-state index contributed by atoms with van der Waals surface area (Å²) < 4.78 is 10.7. The van der Waals surface area contributed by atoms with Crippen LogP contribution in [-0.4, -0.2) is 75.5 Å². The zero-order valence-electron chi connectivity index (χ0n) is 10.8. The molecule has 2 rings (SSSR count). The summed E-state index contributed by atoms with van der Waals surface area (Å²) in [6.45, 7) is 10.5. The zero-order chi connectivity index (χ0) is 11.8. The first-order valence-corrected chi connectivity index (χ1v) is 6.87. The first-order valence-electron chi connectivity index (χ1n) is 6.87. The number of rotatable bonds is 6. The van der Waals surface area contributed by atoms with Gasteiger partial charge in [0.1, 0.15) is 0 Å². The van der Waals surface area contributed by atoms with E-state index in [0.717, 1.165) is 52.6 Å². The van der Waals surface area contributed by atoms with Crippen molar-refractivity contribution < 1.29 is 9.47 Å². The predicted molar refractivity (Wildman–Crippen MR) is 68.1 cm³/mol. The van der Waals surface area contributed by atoms with E-state index in [9.17, 15) is 0 Å². The fourth-order valence-electron chi connectivity index (χ4n) is 2.34. The highest BCUT2D eigenvalue weighted by Gasteiger charge is 2.11. The van der Waals surface area contributed by atoms with E-state index >= 15 is 0 Å². The first-order chi connectivity index (χ1) is 8.45. The molecule has 0 N–H and O–H groups in total. The Morgan fingerprint density at radius 3 is 1.53 bits per heavy atom. The summed E-state index contributed by atoms with van der Waals surface area (Å²) in [6, 6.07) is 0. The van der Waals surface area contributed by atoms with Gasteiger partial charge in [-0.2, -0.15) is 0 Å². The van der Waals surface area contributed by atoms with Gasteiger partial charge in [-0.25, -0.2) is 0 Å². The molecule has 2 heterocycles. The van der Waals surface area contributed by atoms with Crippen molar-refractivity contribution in [3.63, 3.8) is 0 Å². The molecule has 2 saturated heterocycles. The second kappa shape index (κ2) is 8.03. The molecule has 0 aromatic carbocycles. The third kappa shape index (κ3) is 5.34. The minimum absolute atomic E-state index is 0.910. The second-order valence-corrected chi connectivity index (χ2v) is 4.77. The van der Waals surface area contributed by atoms with E-state index in [0.29, 0.717) is 0 Å². The van der Waals surface area contributed by atoms with Crippen molar-refractivity contribution in [1.29, 1.82) is 0 Å². The molecule has 0 aromatic rings. The van der Waals surface area contributed by atoms with Crippen molar-refractivity contribution in [3.05, 3.63) is 6.42 Å². The van der Waals surface area contributed by atoms with Crippen LogP contribution in [0.1, 0.15) is 12.8 Å². The van der Waals surface area contributed by atoms with E-state index in [1.807, 2.05) is 0 Å². The molecule has 0 saturated carbocycles. The van der Waals surface area contributed by atoms with Gasteiger partial charge in [0.05, 0.1) is 26.4 Å². The van der Waals surface area contributed by atoms with Crippen LogP contribution in [-0.2, 0) is 9.47 Å². The van der Waals surface area contributed by atoms with Crippen LogP contribution in [0.5, 0.6) is 0 Å². The van der Waals surface area contributed by atoms with Crippen molar-refractivity contribution in [3.8, 4) is 0 Å². The lowest BCUT2D eigenvalue weighted by molar-refractivity contribution is 0.0361. The van der Waals surface area contributed by atoms with Crippen LogP contribution in [0.4, 0.5) is 0 Å². The Kier molecular flexibility index (Phi) is 6.27. The second-order valence-electron chi connectivity index (χ2n) is 4.77. The number of hydrogen-bond acceptors (Lipinski definition) is 4. The highest BCUT2D eigenvalue weighted by molar-refractivity contribution is 4.72. The molecule has 99 valence electrons. The Balaban J connectivity index is 1.42. The lowest BCUT2D eigenvalue weighted by atomic mass is 10.2. The molecule has 4 nitrogen and oxygen atoms in total. The quantitative estimate of drug-likeness (QED) is 0.637. The minimum atomic E-state index is 0.910. The van der Waals surface area contributed by atoms with Gasteiger partial charge in [-0.3, -0.25) is 9.80 Å². The lowest BCUT2D eigenvalue weighted by Gasteiger charge is -2.27. The molecule has 0 spiro atoms. The summed E-state index contributed by atoms with van der Waals surface area (Å²) in [5.41, 5.74) is 0. The monoisotopic (exact) mass is 241 g/mol. The van der Waals surface area contributed by atoms with Crippen LogP contribution in [0, 0.1) is 6.42 Å². The topological polar surface area (TPSA) is 24.9 Å². The molecule has 0 unspecified atom stereocenters. The third-order valence-corrected chi connectivity index (χ3v) is 3.51. The van der Waals surface area contributed by atoms with Gasteiger partial charge in [-0.05, 0) is 32.4 Å². The van der Waals surface area contributed by atoms with Crippen molar-refractivity contribution in [2.45, 2.75) is 12.8 Å². The molecule has 2 aliphatic heterocycles. The number of morpholine rings is 2. The molecule has 4 heteroatoms. The van der Waals surface area contributed by atoms with Crippen LogP contribution in [0.2, 0.25) is 0 Å². The summed E-state index contributed by atoms with van der Waals surface area (Å²) >= 11 is 0. The highest BCUT2D eigenvalue weighted by atomic mass is 16.5. The maximum absolute atomic E-state index is 5.34. The van der Waals surface area contributed by atoms with Crippen LogP contribution >= 0.6 is 0 Å². The molecule has 2 fully saturated rings. The fraction of sp³-hybridized carbons (Fsp3) is 0.923. The Labute approximate surface area is 105 Å². The van der Waals surface area contributed by atoms with E-state index in [4.69, 9.17) is 9.47 Å². The van der Waals surface area contributed by atoms with Crippen LogP contribution in [0.25, 0.3) is 0 Å². The van der Waals surface area contributed by atoms with Gasteiger partial charge >= 0.3 is 0 Å². The summed E-state index contributed by atoms with van der Waals surface area (Å²) in [5.74, 6) is 0. The molecular formula is C13H25N2O2. The standard InChI is InChI=1S/C13H25N2O2/c1(2-4-14-6-10-16-11-7-14)3-5-15-8-12-17-13-9-15/h1H,2-13H2. The smallest absolute Gasteiger partial charge is 0.0594 e. The molecule has 0 bridgehead atoms. The molecule has 17 heavy (non-hydrogen) atoms. The van der Waals surface area contributed by atoms with Gasteiger partial charge < -0.3 is 9.47 Å². The average molecular weight is 241 g/mol. The van der Waals surface area contributed by atoms with Gasteiger partial charge in [-0.15, -0.1) is 0 Å². The van der Waals surface area contributed by atoms with Gasteiger partial charge in [0, 0.05) is 26.2 Å². The normalized spacial score (nSPS) is 24.0. The summed E-state index contributed by atoms with van der Waals surface area (Å²) in [6.07, 6.45) is 4.86. The zero-order valence-corrected chi connectivity index (χ0v) is 10.8. The molecule has 0 atom stereocenters.